The second kappa shape index (κ2) is 8.48. The van der Waals surface area contributed by atoms with Crippen LogP contribution in [0, 0.1) is 6.92 Å². The Balaban J connectivity index is 1.99. The summed E-state index contributed by atoms with van der Waals surface area (Å²) in [6, 6.07) is 14.8. The van der Waals surface area contributed by atoms with Crippen molar-refractivity contribution in [2.75, 3.05) is 17.2 Å². The van der Waals surface area contributed by atoms with Gasteiger partial charge in [-0.25, -0.2) is 4.98 Å². The monoisotopic (exact) mass is 402 g/mol. The average Bonchev–Trinajstić information content (AvgIpc) is 2.69. The van der Waals surface area contributed by atoms with Crippen molar-refractivity contribution < 1.29 is 18.3 Å². The lowest BCUT2D eigenvalue weighted by Crippen LogP contribution is -2.21. The third-order valence-electron chi connectivity index (χ3n) is 4.26. The quantitative estimate of drug-likeness (QED) is 0.541. The predicted octanol–water partition coefficient (Wildman–Crippen LogP) is 5.01. The zero-order valence-corrected chi connectivity index (χ0v) is 16.0. The van der Waals surface area contributed by atoms with Crippen LogP contribution >= 0.6 is 0 Å². The lowest BCUT2D eigenvalue weighted by Gasteiger charge is -2.16. The minimum atomic E-state index is -4.44. The summed E-state index contributed by atoms with van der Waals surface area (Å²) in [5.74, 6) is 0.599. The highest BCUT2D eigenvalue weighted by molar-refractivity contribution is 5.68. The van der Waals surface area contributed by atoms with Crippen LogP contribution in [-0.2, 0) is 6.18 Å². The van der Waals surface area contributed by atoms with Gasteiger partial charge in [0, 0.05) is 23.4 Å². The van der Waals surface area contributed by atoms with Crippen LogP contribution in [0.15, 0.2) is 54.6 Å². The van der Waals surface area contributed by atoms with Crippen molar-refractivity contribution in [2.45, 2.75) is 26.1 Å². The van der Waals surface area contributed by atoms with Gasteiger partial charge in [0.2, 0.25) is 5.95 Å². The summed E-state index contributed by atoms with van der Waals surface area (Å²) in [5, 5.41) is 15.2. The van der Waals surface area contributed by atoms with Crippen LogP contribution in [0.1, 0.15) is 18.1 Å². The van der Waals surface area contributed by atoms with Crippen LogP contribution in [0.4, 0.5) is 30.6 Å². The lowest BCUT2D eigenvalue weighted by atomic mass is 10.1. The standard InChI is InChI=1S/C21H21F3N4O/c1-13-8-9-16(10-17(13)21(22,23)24)26-19-11-18(15-6-4-3-5-7-15)27-20(28-19)25-14(2)12-29/h3-11,14,29H,12H2,1-2H3,(H2,25,26,27,28)/t14-/m1/s1. The van der Waals surface area contributed by atoms with Crippen molar-refractivity contribution in [3.05, 3.63) is 65.7 Å². The number of aryl methyl sites for hydroxylation is 1. The van der Waals surface area contributed by atoms with Crippen LogP contribution in [-0.4, -0.2) is 27.7 Å². The van der Waals surface area contributed by atoms with E-state index in [2.05, 4.69) is 20.6 Å². The van der Waals surface area contributed by atoms with E-state index in [-0.39, 0.29) is 29.8 Å². The van der Waals surface area contributed by atoms with Crippen molar-refractivity contribution in [3.63, 3.8) is 0 Å². The zero-order chi connectivity index (χ0) is 21.0. The maximum absolute atomic E-state index is 13.2. The van der Waals surface area contributed by atoms with Crippen LogP contribution in [0.2, 0.25) is 0 Å². The molecule has 0 bridgehead atoms. The molecule has 8 heteroatoms. The SMILES string of the molecule is Cc1ccc(Nc2cc(-c3ccccc3)nc(N[C@H](C)CO)n2)cc1C(F)(F)F. The Morgan fingerprint density at radius 3 is 2.41 bits per heavy atom. The van der Waals surface area contributed by atoms with Gasteiger partial charge in [-0.1, -0.05) is 36.4 Å². The Bertz CT molecular complexity index is 977. The number of nitrogens with one attached hydrogen (secondary N) is 2. The highest BCUT2D eigenvalue weighted by Crippen LogP contribution is 2.34. The summed E-state index contributed by atoms with van der Waals surface area (Å²) < 4.78 is 39.6. The van der Waals surface area contributed by atoms with Crippen molar-refractivity contribution in [1.29, 1.82) is 0 Å². The van der Waals surface area contributed by atoms with E-state index in [0.717, 1.165) is 11.6 Å². The molecule has 0 fully saturated rings. The number of aliphatic hydroxyl groups is 1. The molecule has 0 unspecified atom stereocenters. The molecule has 0 aliphatic carbocycles. The Morgan fingerprint density at radius 2 is 1.76 bits per heavy atom. The molecule has 152 valence electrons. The number of rotatable bonds is 6. The van der Waals surface area contributed by atoms with Gasteiger partial charge in [0.05, 0.1) is 17.9 Å². The second-order valence-electron chi connectivity index (χ2n) is 6.71. The van der Waals surface area contributed by atoms with Gasteiger partial charge >= 0.3 is 6.18 Å². The molecule has 5 nitrogen and oxygen atoms in total. The first-order chi connectivity index (χ1) is 13.8. The molecule has 0 amide bonds. The number of hydrogen-bond donors (Lipinski definition) is 3. The molecular formula is C21H21F3N4O. The molecule has 0 saturated heterocycles. The Hall–Kier alpha value is -3.13. The number of halogens is 3. The molecule has 1 heterocycles. The molecule has 3 N–H and O–H groups in total. The second-order valence-corrected chi connectivity index (χ2v) is 6.71. The normalized spacial score (nSPS) is 12.5. The third kappa shape index (κ3) is 5.23. The minimum Gasteiger partial charge on any atom is -0.394 e. The topological polar surface area (TPSA) is 70.1 Å². The lowest BCUT2D eigenvalue weighted by molar-refractivity contribution is -0.138. The number of alkyl halides is 3. The molecule has 3 rings (SSSR count). The molecule has 29 heavy (non-hydrogen) atoms. The number of hydrogen-bond acceptors (Lipinski definition) is 5. The van der Waals surface area contributed by atoms with Crippen LogP contribution in [0.25, 0.3) is 11.3 Å². The average molecular weight is 402 g/mol. The summed E-state index contributed by atoms with van der Waals surface area (Å²) in [6.45, 7) is 3.07. The van der Waals surface area contributed by atoms with Gasteiger partial charge in [-0.05, 0) is 31.5 Å². The molecular weight excluding hydrogens is 381 g/mol. The molecule has 0 saturated carbocycles. The van der Waals surface area contributed by atoms with Gasteiger partial charge < -0.3 is 15.7 Å². The Morgan fingerprint density at radius 1 is 1.03 bits per heavy atom. The molecule has 1 atom stereocenters. The summed E-state index contributed by atoms with van der Waals surface area (Å²) in [5.41, 5.74) is 1.14. The first-order valence-electron chi connectivity index (χ1n) is 9.03. The Kier molecular flexibility index (Phi) is 6.03. The van der Waals surface area contributed by atoms with E-state index in [1.54, 1.807) is 19.1 Å². The largest absolute Gasteiger partial charge is 0.416 e. The van der Waals surface area contributed by atoms with Gasteiger partial charge in [0.1, 0.15) is 5.82 Å². The fraction of sp³-hybridized carbons (Fsp3) is 0.238. The minimum absolute atomic E-state index is 0.116. The molecule has 0 spiro atoms. The first-order valence-corrected chi connectivity index (χ1v) is 9.03. The summed E-state index contributed by atoms with van der Waals surface area (Å²) in [6.07, 6.45) is -4.44. The van der Waals surface area contributed by atoms with E-state index in [1.807, 2.05) is 30.3 Å². The molecule has 0 aliphatic rings. The smallest absolute Gasteiger partial charge is 0.394 e. The molecule has 2 aromatic carbocycles. The zero-order valence-electron chi connectivity index (χ0n) is 16.0. The van der Waals surface area contributed by atoms with E-state index in [0.29, 0.717) is 11.5 Å². The predicted molar refractivity (Wildman–Crippen MR) is 107 cm³/mol. The molecule has 1 aromatic heterocycles. The molecule has 0 aliphatic heterocycles. The summed E-state index contributed by atoms with van der Waals surface area (Å²) in [4.78, 5) is 8.78. The Labute approximate surface area is 166 Å². The van der Waals surface area contributed by atoms with Gasteiger partial charge in [0.15, 0.2) is 0 Å². The summed E-state index contributed by atoms with van der Waals surface area (Å²) in [7, 11) is 0. The van der Waals surface area contributed by atoms with E-state index in [1.165, 1.54) is 13.0 Å². The highest BCUT2D eigenvalue weighted by Gasteiger charge is 2.32. The maximum Gasteiger partial charge on any atom is 0.416 e. The van der Waals surface area contributed by atoms with Crippen LogP contribution < -0.4 is 10.6 Å². The van der Waals surface area contributed by atoms with E-state index in [9.17, 15) is 18.3 Å². The van der Waals surface area contributed by atoms with Gasteiger partial charge in [-0.2, -0.15) is 18.2 Å². The fourth-order valence-electron chi connectivity index (χ4n) is 2.75. The van der Waals surface area contributed by atoms with Crippen molar-refractivity contribution >= 4 is 17.5 Å². The first kappa shape index (κ1) is 20.6. The number of nitrogens with zero attached hydrogens (tertiary/aromatic N) is 2. The number of aromatic nitrogens is 2. The summed E-state index contributed by atoms with van der Waals surface area (Å²) >= 11 is 0. The molecule has 3 aromatic rings. The van der Waals surface area contributed by atoms with Crippen molar-refractivity contribution in [1.82, 2.24) is 9.97 Å². The van der Waals surface area contributed by atoms with E-state index in [4.69, 9.17) is 0 Å². The molecule has 0 radical (unpaired) electrons. The fourth-order valence-corrected chi connectivity index (χ4v) is 2.75. The maximum atomic E-state index is 13.2. The number of benzene rings is 2. The van der Waals surface area contributed by atoms with E-state index >= 15 is 0 Å². The highest BCUT2D eigenvalue weighted by atomic mass is 19.4. The van der Waals surface area contributed by atoms with Gasteiger partial charge in [0.25, 0.3) is 0 Å². The van der Waals surface area contributed by atoms with Crippen LogP contribution in [0.3, 0.4) is 0 Å². The third-order valence-corrected chi connectivity index (χ3v) is 4.26. The van der Waals surface area contributed by atoms with Crippen LogP contribution in [0.5, 0.6) is 0 Å². The van der Waals surface area contributed by atoms with E-state index < -0.39 is 11.7 Å². The van der Waals surface area contributed by atoms with Gasteiger partial charge in [-0.3, -0.25) is 0 Å². The van der Waals surface area contributed by atoms with Crippen molar-refractivity contribution in [2.24, 2.45) is 0 Å². The van der Waals surface area contributed by atoms with Gasteiger partial charge in [-0.15, -0.1) is 0 Å². The van der Waals surface area contributed by atoms with Crippen molar-refractivity contribution in [3.8, 4) is 11.3 Å². The number of aliphatic hydroxyl groups excluding tert-OH is 1. The number of anilines is 3.